The Balaban J connectivity index is 2.09. The van der Waals surface area contributed by atoms with Crippen LogP contribution in [0.2, 0.25) is 10.0 Å². The average Bonchev–Trinajstić information content (AvgIpc) is 3.21. The number of aromatic nitrogens is 2. The van der Waals surface area contributed by atoms with Gasteiger partial charge >= 0.3 is 6.16 Å². The zero-order valence-corrected chi connectivity index (χ0v) is 19.1. The lowest BCUT2D eigenvalue weighted by Gasteiger charge is -2.30. The highest BCUT2D eigenvalue weighted by atomic mass is 35.5. The molecule has 1 aromatic carbocycles. The van der Waals surface area contributed by atoms with Gasteiger partial charge in [-0.3, -0.25) is 0 Å². The highest BCUT2D eigenvalue weighted by Crippen LogP contribution is 2.46. The van der Waals surface area contributed by atoms with Gasteiger partial charge in [0.05, 0.1) is 33.8 Å². The molecule has 0 spiro atoms. The third-order valence-electron chi connectivity index (χ3n) is 4.69. The van der Waals surface area contributed by atoms with Crippen molar-refractivity contribution in [3.8, 4) is 0 Å². The van der Waals surface area contributed by atoms with E-state index in [0.29, 0.717) is 50.8 Å². The molecule has 2 aromatic rings. The van der Waals surface area contributed by atoms with Gasteiger partial charge in [0, 0.05) is 19.2 Å². The number of nitrogens with zero attached hydrogens (tertiary/aromatic N) is 2. The van der Waals surface area contributed by atoms with Crippen molar-refractivity contribution >= 4 is 34.9 Å². The Morgan fingerprint density at radius 2 is 1.97 bits per heavy atom. The largest absolute Gasteiger partial charge is 0.513 e. The molecule has 1 unspecified atom stereocenters. The lowest BCUT2D eigenvalue weighted by atomic mass is 9.85. The van der Waals surface area contributed by atoms with Crippen molar-refractivity contribution in [2.75, 3.05) is 20.3 Å². The van der Waals surface area contributed by atoms with E-state index in [1.807, 2.05) is 19.9 Å². The minimum Gasteiger partial charge on any atom is -0.432 e. The summed E-state index contributed by atoms with van der Waals surface area (Å²) >= 11 is 12.8. The summed E-state index contributed by atoms with van der Waals surface area (Å²) in [5, 5.41) is 12.2. The molecule has 0 saturated heterocycles. The van der Waals surface area contributed by atoms with Gasteiger partial charge in [0.15, 0.2) is 0 Å². The minimum atomic E-state index is -0.866. The number of ether oxygens (including phenoxy) is 3. The Kier molecular flexibility index (Phi) is 7.59. The molecule has 10 heteroatoms. The standard InChI is InChI=1S/C21H23Cl2N3O5/c1-5-15-25-26-20(30-15)16-11(2)24-12(3)19(31-21(27)29-10-9-28-4)17(16)13-7-6-8-14(22)18(13)23/h6-8,17,24H,5,9-10H2,1-4H3. The SMILES string of the molecule is CCc1nnc(C2=C(C)NC(C)=C(OC(=O)OCCOC)C2c2cccc(Cl)c2Cl)o1. The van der Waals surface area contributed by atoms with Gasteiger partial charge in [-0.1, -0.05) is 42.3 Å². The highest BCUT2D eigenvalue weighted by Gasteiger charge is 2.37. The van der Waals surface area contributed by atoms with Crippen LogP contribution < -0.4 is 5.32 Å². The number of dihydropyridines is 1. The van der Waals surface area contributed by atoms with Gasteiger partial charge < -0.3 is 23.9 Å². The van der Waals surface area contributed by atoms with E-state index >= 15 is 0 Å². The van der Waals surface area contributed by atoms with Crippen LogP contribution in [0.25, 0.3) is 5.57 Å². The maximum absolute atomic E-state index is 12.3. The van der Waals surface area contributed by atoms with Crippen LogP contribution in [-0.2, 0) is 20.6 Å². The van der Waals surface area contributed by atoms with Gasteiger partial charge in [0.2, 0.25) is 11.8 Å². The molecule has 8 nitrogen and oxygen atoms in total. The Morgan fingerprint density at radius 1 is 1.19 bits per heavy atom. The summed E-state index contributed by atoms with van der Waals surface area (Å²) in [4.78, 5) is 12.3. The number of hydrogen-bond acceptors (Lipinski definition) is 8. The first-order valence-corrected chi connectivity index (χ1v) is 10.4. The zero-order chi connectivity index (χ0) is 22.5. The number of rotatable bonds is 7. The maximum atomic E-state index is 12.3. The van der Waals surface area contributed by atoms with Crippen LogP contribution in [0, 0.1) is 0 Å². The topological polar surface area (TPSA) is 95.7 Å². The van der Waals surface area contributed by atoms with Crippen molar-refractivity contribution in [3.63, 3.8) is 0 Å². The first-order chi connectivity index (χ1) is 14.9. The summed E-state index contributed by atoms with van der Waals surface area (Å²) in [5.41, 5.74) is 2.62. The summed E-state index contributed by atoms with van der Waals surface area (Å²) in [6, 6.07) is 5.26. The lowest BCUT2D eigenvalue weighted by molar-refractivity contribution is 0.0503. The number of carbonyl (C=O) groups excluding carboxylic acids is 1. The molecule has 1 atom stereocenters. The van der Waals surface area contributed by atoms with Crippen molar-refractivity contribution in [1.29, 1.82) is 0 Å². The smallest absolute Gasteiger partial charge is 0.432 e. The Labute approximate surface area is 190 Å². The number of methoxy groups -OCH3 is 1. The molecule has 166 valence electrons. The van der Waals surface area contributed by atoms with Crippen molar-refractivity contribution in [2.24, 2.45) is 0 Å². The fraction of sp³-hybridized carbons (Fsp3) is 0.381. The van der Waals surface area contributed by atoms with Crippen LogP contribution >= 0.6 is 23.2 Å². The monoisotopic (exact) mass is 467 g/mol. The molecule has 31 heavy (non-hydrogen) atoms. The van der Waals surface area contributed by atoms with Crippen LogP contribution in [0.3, 0.4) is 0 Å². The summed E-state index contributed by atoms with van der Waals surface area (Å²) < 4.78 is 21.4. The van der Waals surface area contributed by atoms with Crippen LogP contribution in [0.15, 0.2) is 39.8 Å². The van der Waals surface area contributed by atoms with E-state index in [9.17, 15) is 4.79 Å². The number of aryl methyl sites for hydroxylation is 1. The summed E-state index contributed by atoms with van der Waals surface area (Å²) in [7, 11) is 1.51. The molecule has 0 saturated carbocycles. The van der Waals surface area contributed by atoms with E-state index in [1.165, 1.54) is 7.11 Å². The van der Waals surface area contributed by atoms with E-state index in [2.05, 4.69) is 15.5 Å². The van der Waals surface area contributed by atoms with E-state index in [0.717, 1.165) is 5.70 Å². The first-order valence-electron chi connectivity index (χ1n) is 9.66. The number of hydrogen-bond donors (Lipinski definition) is 1. The number of benzene rings is 1. The third-order valence-corrected chi connectivity index (χ3v) is 5.53. The van der Waals surface area contributed by atoms with Gasteiger partial charge in [-0.15, -0.1) is 10.2 Å². The van der Waals surface area contributed by atoms with Gasteiger partial charge in [0.1, 0.15) is 12.4 Å². The van der Waals surface area contributed by atoms with Gasteiger partial charge in [-0.2, -0.15) is 0 Å². The molecule has 0 amide bonds. The number of nitrogens with one attached hydrogen (secondary N) is 1. The van der Waals surface area contributed by atoms with Crippen molar-refractivity contribution < 1.29 is 23.4 Å². The van der Waals surface area contributed by atoms with Crippen LogP contribution in [0.5, 0.6) is 0 Å². The minimum absolute atomic E-state index is 0.0585. The molecule has 1 aliphatic rings. The Hall–Kier alpha value is -2.55. The zero-order valence-electron chi connectivity index (χ0n) is 17.6. The second-order valence-corrected chi connectivity index (χ2v) is 7.56. The quantitative estimate of drug-likeness (QED) is 0.444. The Bertz CT molecular complexity index is 1030. The molecule has 1 aliphatic heterocycles. The molecule has 1 aromatic heterocycles. The van der Waals surface area contributed by atoms with E-state index < -0.39 is 12.1 Å². The molecule has 2 heterocycles. The van der Waals surface area contributed by atoms with Crippen LogP contribution in [-0.4, -0.2) is 36.7 Å². The predicted octanol–water partition coefficient (Wildman–Crippen LogP) is 5.09. The Morgan fingerprint density at radius 3 is 2.65 bits per heavy atom. The van der Waals surface area contributed by atoms with Gasteiger partial charge in [-0.25, -0.2) is 4.79 Å². The number of carbonyl (C=O) groups is 1. The van der Waals surface area contributed by atoms with Crippen molar-refractivity contribution in [3.05, 3.63) is 62.7 Å². The second kappa shape index (κ2) is 10.2. The van der Waals surface area contributed by atoms with Gasteiger partial charge in [-0.05, 0) is 25.5 Å². The molecule has 0 bridgehead atoms. The van der Waals surface area contributed by atoms with Crippen LogP contribution in [0.1, 0.15) is 44.0 Å². The number of allylic oxidation sites excluding steroid dienone is 3. The fourth-order valence-corrected chi connectivity index (χ4v) is 3.68. The average molecular weight is 468 g/mol. The molecular formula is C21H23Cl2N3O5. The molecule has 0 fully saturated rings. The molecule has 1 N–H and O–H groups in total. The van der Waals surface area contributed by atoms with Crippen LogP contribution in [0.4, 0.5) is 4.79 Å². The first kappa shape index (κ1) is 23.1. The fourth-order valence-electron chi connectivity index (χ4n) is 3.27. The predicted molar refractivity (Wildman–Crippen MR) is 116 cm³/mol. The van der Waals surface area contributed by atoms with Crippen molar-refractivity contribution in [1.82, 2.24) is 15.5 Å². The third kappa shape index (κ3) is 5.03. The molecule has 0 radical (unpaired) electrons. The maximum Gasteiger partial charge on any atom is 0.513 e. The van der Waals surface area contributed by atoms with Crippen molar-refractivity contribution in [2.45, 2.75) is 33.1 Å². The molecule has 3 rings (SSSR count). The van der Waals surface area contributed by atoms with Gasteiger partial charge in [0.25, 0.3) is 0 Å². The normalized spacial score (nSPS) is 16.4. The van der Waals surface area contributed by atoms with E-state index in [4.69, 9.17) is 41.8 Å². The molecule has 0 aliphatic carbocycles. The molecular weight excluding hydrogens is 445 g/mol. The van der Waals surface area contributed by atoms with E-state index in [1.54, 1.807) is 19.1 Å². The summed E-state index contributed by atoms with van der Waals surface area (Å²) in [6.45, 7) is 5.88. The lowest BCUT2D eigenvalue weighted by Crippen LogP contribution is -2.27. The number of halogens is 2. The summed E-state index contributed by atoms with van der Waals surface area (Å²) in [5.74, 6) is 0.444. The van der Waals surface area contributed by atoms with E-state index in [-0.39, 0.29) is 13.2 Å². The second-order valence-electron chi connectivity index (χ2n) is 6.78. The highest BCUT2D eigenvalue weighted by molar-refractivity contribution is 6.42. The summed E-state index contributed by atoms with van der Waals surface area (Å²) in [6.07, 6.45) is -0.283.